The van der Waals surface area contributed by atoms with Gasteiger partial charge in [-0.25, -0.2) is 4.98 Å². The van der Waals surface area contributed by atoms with Crippen molar-refractivity contribution < 1.29 is 0 Å². The fraction of sp³-hybridized carbons (Fsp3) is 0.385. The molecule has 0 atom stereocenters. The lowest BCUT2D eigenvalue weighted by Crippen LogP contribution is -2.03. The number of thiazole rings is 1. The highest BCUT2D eigenvalue weighted by atomic mass is 32.1. The van der Waals surface area contributed by atoms with E-state index in [1.165, 1.54) is 10.4 Å². The molecule has 0 unspecified atom stereocenters. The van der Waals surface area contributed by atoms with Crippen LogP contribution in [0.5, 0.6) is 0 Å². The summed E-state index contributed by atoms with van der Waals surface area (Å²) in [6, 6.07) is 4.26. The smallest absolute Gasteiger partial charge is 0.107 e. The summed E-state index contributed by atoms with van der Waals surface area (Å²) in [4.78, 5) is 10.1. The second kappa shape index (κ2) is 5.89. The van der Waals surface area contributed by atoms with Crippen molar-refractivity contribution in [2.45, 2.75) is 26.3 Å². The molecule has 0 aliphatic heterocycles. The van der Waals surface area contributed by atoms with E-state index in [-0.39, 0.29) is 0 Å². The minimum Gasteiger partial charge on any atom is -0.314 e. The maximum atomic E-state index is 4.46. The molecule has 3 nitrogen and oxygen atoms in total. The van der Waals surface area contributed by atoms with Gasteiger partial charge < -0.3 is 5.32 Å². The Balaban J connectivity index is 2.03. The molecule has 90 valence electrons. The SMILES string of the molecule is CCc1ccc(Cc2cnc(CNC)s2)nc1. The molecule has 0 saturated heterocycles. The summed E-state index contributed by atoms with van der Waals surface area (Å²) < 4.78 is 0. The van der Waals surface area contributed by atoms with Gasteiger partial charge in [-0.1, -0.05) is 13.0 Å². The molecule has 0 aromatic carbocycles. The highest BCUT2D eigenvalue weighted by Crippen LogP contribution is 2.16. The summed E-state index contributed by atoms with van der Waals surface area (Å²) in [5.74, 6) is 0. The molecule has 0 aliphatic rings. The number of aromatic nitrogens is 2. The van der Waals surface area contributed by atoms with E-state index in [4.69, 9.17) is 0 Å². The molecule has 2 rings (SSSR count). The maximum absolute atomic E-state index is 4.46. The molecule has 0 saturated carbocycles. The van der Waals surface area contributed by atoms with Gasteiger partial charge in [0.2, 0.25) is 0 Å². The van der Waals surface area contributed by atoms with E-state index in [0.717, 1.165) is 30.1 Å². The second-order valence-electron chi connectivity index (χ2n) is 3.94. The number of hydrogen-bond donors (Lipinski definition) is 1. The molecule has 0 spiro atoms. The van der Waals surface area contributed by atoms with Gasteiger partial charge in [-0.15, -0.1) is 11.3 Å². The Hall–Kier alpha value is -1.26. The van der Waals surface area contributed by atoms with Crippen molar-refractivity contribution in [1.82, 2.24) is 15.3 Å². The van der Waals surface area contributed by atoms with Crippen LogP contribution in [0.1, 0.15) is 28.1 Å². The molecule has 0 radical (unpaired) electrons. The van der Waals surface area contributed by atoms with E-state index in [2.05, 4.69) is 34.3 Å². The number of aryl methyl sites for hydroxylation is 1. The van der Waals surface area contributed by atoms with Crippen LogP contribution in [0.15, 0.2) is 24.5 Å². The minimum atomic E-state index is 0.840. The molecule has 2 aromatic heterocycles. The molecule has 0 bridgehead atoms. The van der Waals surface area contributed by atoms with Crippen molar-refractivity contribution in [2.75, 3.05) is 7.05 Å². The number of hydrogen-bond acceptors (Lipinski definition) is 4. The van der Waals surface area contributed by atoms with Crippen molar-refractivity contribution in [3.05, 3.63) is 45.7 Å². The Morgan fingerprint density at radius 1 is 1.24 bits per heavy atom. The first-order chi connectivity index (χ1) is 8.31. The molecule has 2 heterocycles. The third kappa shape index (κ3) is 3.35. The van der Waals surface area contributed by atoms with Crippen LogP contribution in [-0.2, 0) is 19.4 Å². The molecule has 0 aliphatic carbocycles. The molecule has 17 heavy (non-hydrogen) atoms. The van der Waals surface area contributed by atoms with Gasteiger partial charge in [-0.3, -0.25) is 4.98 Å². The number of nitrogens with zero attached hydrogens (tertiary/aromatic N) is 2. The van der Waals surface area contributed by atoms with Gasteiger partial charge in [-0.2, -0.15) is 0 Å². The fourth-order valence-corrected chi connectivity index (χ4v) is 2.56. The number of pyridine rings is 1. The van der Waals surface area contributed by atoms with Crippen molar-refractivity contribution in [3.8, 4) is 0 Å². The van der Waals surface area contributed by atoms with Crippen molar-refractivity contribution >= 4 is 11.3 Å². The summed E-state index contributed by atoms with van der Waals surface area (Å²) in [7, 11) is 1.94. The Morgan fingerprint density at radius 2 is 2.12 bits per heavy atom. The fourth-order valence-electron chi connectivity index (χ4n) is 1.61. The van der Waals surface area contributed by atoms with Gasteiger partial charge in [0.15, 0.2) is 0 Å². The van der Waals surface area contributed by atoms with Crippen LogP contribution in [0.2, 0.25) is 0 Å². The van der Waals surface area contributed by atoms with Crippen LogP contribution in [0.4, 0.5) is 0 Å². The first-order valence-electron chi connectivity index (χ1n) is 5.83. The van der Waals surface area contributed by atoms with E-state index in [1.54, 1.807) is 11.3 Å². The molecule has 2 aromatic rings. The Kier molecular flexibility index (Phi) is 4.23. The summed E-state index contributed by atoms with van der Waals surface area (Å²) in [5.41, 5.74) is 2.40. The molecular weight excluding hydrogens is 230 g/mol. The zero-order chi connectivity index (χ0) is 12.1. The second-order valence-corrected chi connectivity index (χ2v) is 5.14. The zero-order valence-electron chi connectivity index (χ0n) is 10.2. The third-order valence-electron chi connectivity index (χ3n) is 2.58. The lowest BCUT2D eigenvalue weighted by Gasteiger charge is -1.99. The van der Waals surface area contributed by atoms with Crippen molar-refractivity contribution in [2.24, 2.45) is 0 Å². The summed E-state index contributed by atoms with van der Waals surface area (Å²) in [5, 5.41) is 4.24. The van der Waals surface area contributed by atoms with Crippen LogP contribution >= 0.6 is 11.3 Å². The summed E-state index contributed by atoms with van der Waals surface area (Å²) in [6.07, 6.45) is 5.84. The minimum absolute atomic E-state index is 0.840. The van der Waals surface area contributed by atoms with Gasteiger partial charge in [0.1, 0.15) is 5.01 Å². The van der Waals surface area contributed by atoms with E-state index in [1.807, 2.05) is 19.4 Å². The van der Waals surface area contributed by atoms with Crippen LogP contribution in [0.3, 0.4) is 0 Å². The first-order valence-corrected chi connectivity index (χ1v) is 6.65. The molecular formula is C13H17N3S. The third-order valence-corrected chi connectivity index (χ3v) is 3.58. The summed E-state index contributed by atoms with van der Waals surface area (Å²) in [6.45, 7) is 2.98. The van der Waals surface area contributed by atoms with Gasteiger partial charge in [0.25, 0.3) is 0 Å². The van der Waals surface area contributed by atoms with Gasteiger partial charge in [0, 0.05) is 35.9 Å². The van der Waals surface area contributed by atoms with E-state index >= 15 is 0 Å². The maximum Gasteiger partial charge on any atom is 0.107 e. The van der Waals surface area contributed by atoms with E-state index in [9.17, 15) is 0 Å². The first kappa shape index (κ1) is 12.2. The standard InChI is InChI=1S/C13H17N3S/c1-3-10-4-5-11(15-7-10)6-12-8-16-13(17-12)9-14-2/h4-5,7-8,14H,3,6,9H2,1-2H3. The number of nitrogens with one attached hydrogen (secondary N) is 1. The molecule has 1 N–H and O–H groups in total. The molecule has 0 amide bonds. The van der Waals surface area contributed by atoms with Gasteiger partial charge in [0.05, 0.1) is 0 Å². The predicted octanol–water partition coefficient (Wildman–Crippen LogP) is 2.41. The number of rotatable bonds is 5. The van der Waals surface area contributed by atoms with Crippen molar-refractivity contribution in [3.63, 3.8) is 0 Å². The van der Waals surface area contributed by atoms with Crippen LogP contribution in [0.25, 0.3) is 0 Å². The lowest BCUT2D eigenvalue weighted by atomic mass is 10.2. The average molecular weight is 247 g/mol. The van der Waals surface area contributed by atoms with Crippen LogP contribution < -0.4 is 5.32 Å². The Bertz CT molecular complexity index is 462. The van der Waals surface area contributed by atoms with Gasteiger partial charge >= 0.3 is 0 Å². The van der Waals surface area contributed by atoms with Crippen LogP contribution in [0, 0.1) is 0 Å². The topological polar surface area (TPSA) is 37.8 Å². The Morgan fingerprint density at radius 3 is 2.76 bits per heavy atom. The largest absolute Gasteiger partial charge is 0.314 e. The monoisotopic (exact) mass is 247 g/mol. The Labute approximate surface area is 106 Å². The zero-order valence-corrected chi connectivity index (χ0v) is 11.0. The van der Waals surface area contributed by atoms with E-state index < -0.39 is 0 Å². The van der Waals surface area contributed by atoms with Crippen LogP contribution in [-0.4, -0.2) is 17.0 Å². The highest BCUT2D eigenvalue weighted by molar-refractivity contribution is 7.11. The normalized spacial score (nSPS) is 10.7. The van der Waals surface area contributed by atoms with Gasteiger partial charge in [-0.05, 0) is 25.1 Å². The predicted molar refractivity (Wildman–Crippen MR) is 71.3 cm³/mol. The average Bonchev–Trinajstić information content (AvgIpc) is 2.78. The van der Waals surface area contributed by atoms with E-state index in [0.29, 0.717) is 0 Å². The highest BCUT2D eigenvalue weighted by Gasteiger charge is 2.03. The molecule has 0 fully saturated rings. The summed E-state index contributed by atoms with van der Waals surface area (Å²) >= 11 is 1.75. The lowest BCUT2D eigenvalue weighted by molar-refractivity contribution is 0.810. The molecule has 4 heteroatoms. The quantitative estimate of drug-likeness (QED) is 0.881. The van der Waals surface area contributed by atoms with Crippen molar-refractivity contribution in [1.29, 1.82) is 0 Å².